The predicted molar refractivity (Wildman–Crippen MR) is 83.5 cm³/mol. The number of nitrogens with zero attached hydrogens (tertiary/aromatic N) is 3. The van der Waals surface area contributed by atoms with Gasteiger partial charge in [0, 0.05) is 39.1 Å². The molecule has 6 heteroatoms. The first-order valence-corrected chi connectivity index (χ1v) is 7.13. The number of nitrogens with one attached hydrogen (secondary N) is 1. The van der Waals surface area contributed by atoms with Crippen LogP contribution in [0.2, 0.25) is 0 Å². The van der Waals surface area contributed by atoms with E-state index in [0.29, 0.717) is 6.54 Å². The van der Waals surface area contributed by atoms with Crippen molar-refractivity contribution in [3.05, 3.63) is 42.6 Å². The van der Waals surface area contributed by atoms with Gasteiger partial charge in [-0.05, 0) is 29.7 Å². The molecular weight excluding hydrogens is 272 g/mol. The summed E-state index contributed by atoms with van der Waals surface area (Å²) in [5.41, 5.74) is 1.14. The van der Waals surface area contributed by atoms with Gasteiger partial charge in [-0.3, -0.25) is 5.32 Å². The monoisotopic (exact) mass is 290 g/mol. The standard InChI is InChI=1S/C14H18N4OS/c1-17(12-6-4-3-5-7-12)10-11-18(2)14(19)16-13-8-9-15-20-13/h3-9H,10-11H2,1-2H3,(H,16,19). The molecule has 0 fully saturated rings. The van der Waals surface area contributed by atoms with Gasteiger partial charge in [0.15, 0.2) is 0 Å². The highest BCUT2D eigenvalue weighted by Crippen LogP contribution is 2.13. The molecule has 0 radical (unpaired) electrons. The van der Waals surface area contributed by atoms with E-state index in [2.05, 4.69) is 26.7 Å². The maximum Gasteiger partial charge on any atom is 0.322 e. The van der Waals surface area contributed by atoms with Crippen LogP contribution in [0, 0.1) is 0 Å². The van der Waals surface area contributed by atoms with E-state index in [0.717, 1.165) is 17.2 Å². The number of hydrogen-bond acceptors (Lipinski definition) is 4. The van der Waals surface area contributed by atoms with Crippen molar-refractivity contribution in [1.82, 2.24) is 9.27 Å². The Morgan fingerprint density at radius 1 is 1.20 bits per heavy atom. The molecule has 0 aliphatic carbocycles. The maximum atomic E-state index is 11.9. The van der Waals surface area contributed by atoms with Crippen LogP contribution in [0.15, 0.2) is 42.6 Å². The van der Waals surface area contributed by atoms with Gasteiger partial charge >= 0.3 is 6.03 Å². The third-order valence-electron chi connectivity index (χ3n) is 2.98. The Morgan fingerprint density at radius 2 is 1.95 bits per heavy atom. The van der Waals surface area contributed by atoms with E-state index >= 15 is 0 Å². The minimum atomic E-state index is -0.115. The number of aromatic nitrogens is 1. The summed E-state index contributed by atoms with van der Waals surface area (Å²) >= 11 is 1.27. The van der Waals surface area contributed by atoms with Gasteiger partial charge in [0.25, 0.3) is 0 Å². The van der Waals surface area contributed by atoms with Crippen LogP contribution in [0.4, 0.5) is 15.5 Å². The normalized spacial score (nSPS) is 10.1. The zero-order chi connectivity index (χ0) is 14.4. The topological polar surface area (TPSA) is 48.5 Å². The van der Waals surface area contributed by atoms with Gasteiger partial charge < -0.3 is 9.80 Å². The molecule has 0 bridgehead atoms. The van der Waals surface area contributed by atoms with E-state index in [9.17, 15) is 4.79 Å². The lowest BCUT2D eigenvalue weighted by Gasteiger charge is -2.23. The molecule has 0 aliphatic rings. The number of benzene rings is 1. The Bertz CT molecular complexity index is 529. The Kier molecular flexibility index (Phi) is 4.95. The third-order valence-corrected chi connectivity index (χ3v) is 3.64. The Morgan fingerprint density at radius 3 is 2.60 bits per heavy atom. The summed E-state index contributed by atoms with van der Waals surface area (Å²) in [7, 11) is 3.81. The number of hydrogen-bond donors (Lipinski definition) is 1. The van der Waals surface area contributed by atoms with Crippen LogP contribution in [0.3, 0.4) is 0 Å². The molecule has 1 aromatic heterocycles. The quantitative estimate of drug-likeness (QED) is 0.921. The summed E-state index contributed by atoms with van der Waals surface area (Å²) in [6, 6.07) is 11.8. The second-order valence-corrected chi connectivity index (χ2v) is 5.32. The van der Waals surface area contributed by atoms with Crippen molar-refractivity contribution in [3.63, 3.8) is 0 Å². The molecule has 20 heavy (non-hydrogen) atoms. The van der Waals surface area contributed by atoms with E-state index in [1.165, 1.54) is 11.5 Å². The summed E-state index contributed by atoms with van der Waals surface area (Å²) in [5, 5.41) is 3.57. The summed E-state index contributed by atoms with van der Waals surface area (Å²) < 4.78 is 3.95. The lowest BCUT2D eigenvalue weighted by Crippen LogP contribution is -2.37. The van der Waals surface area contributed by atoms with E-state index < -0.39 is 0 Å². The molecule has 1 N–H and O–H groups in total. The molecule has 0 spiro atoms. The lowest BCUT2D eigenvalue weighted by molar-refractivity contribution is 0.223. The number of carbonyl (C=O) groups is 1. The average Bonchev–Trinajstić information content (AvgIpc) is 2.98. The van der Waals surface area contributed by atoms with Crippen LogP contribution in [-0.4, -0.2) is 42.5 Å². The molecular formula is C14H18N4OS. The second-order valence-electron chi connectivity index (χ2n) is 4.49. The predicted octanol–water partition coefficient (Wildman–Crippen LogP) is 2.74. The minimum Gasteiger partial charge on any atom is -0.373 e. The summed E-state index contributed by atoms with van der Waals surface area (Å²) in [6.07, 6.45) is 1.67. The van der Waals surface area contributed by atoms with Crippen LogP contribution >= 0.6 is 11.5 Å². The molecule has 2 amide bonds. The van der Waals surface area contributed by atoms with Crippen LogP contribution in [0.5, 0.6) is 0 Å². The highest BCUT2D eigenvalue weighted by atomic mass is 32.1. The number of carbonyl (C=O) groups excluding carboxylic acids is 1. The lowest BCUT2D eigenvalue weighted by atomic mass is 10.3. The van der Waals surface area contributed by atoms with Gasteiger partial charge in [-0.25, -0.2) is 4.79 Å². The molecule has 0 aliphatic heterocycles. The molecule has 2 aromatic rings. The van der Waals surface area contributed by atoms with Crippen molar-refractivity contribution in [2.24, 2.45) is 0 Å². The zero-order valence-corrected chi connectivity index (χ0v) is 12.4. The molecule has 1 aromatic carbocycles. The maximum absolute atomic E-state index is 11.9. The Labute approximate surface area is 123 Å². The minimum absolute atomic E-state index is 0.115. The number of urea groups is 1. The molecule has 1 heterocycles. The van der Waals surface area contributed by atoms with Gasteiger partial charge in [-0.1, -0.05) is 18.2 Å². The second kappa shape index (κ2) is 6.91. The number of rotatable bonds is 5. The molecule has 0 saturated carbocycles. The van der Waals surface area contributed by atoms with E-state index in [1.54, 1.807) is 24.2 Å². The largest absolute Gasteiger partial charge is 0.373 e. The van der Waals surface area contributed by atoms with Gasteiger partial charge in [0.1, 0.15) is 5.00 Å². The molecule has 0 unspecified atom stereocenters. The zero-order valence-electron chi connectivity index (χ0n) is 11.6. The highest BCUT2D eigenvalue weighted by Gasteiger charge is 2.10. The summed E-state index contributed by atoms with van der Waals surface area (Å²) in [5.74, 6) is 0. The van der Waals surface area contributed by atoms with E-state index in [4.69, 9.17) is 0 Å². The van der Waals surface area contributed by atoms with E-state index in [-0.39, 0.29) is 6.03 Å². The SMILES string of the molecule is CN(CCN(C)c1ccccc1)C(=O)Nc1ccns1. The van der Waals surface area contributed by atoms with Gasteiger partial charge in [0.05, 0.1) is 0 Å². The number of para-hydroxylation sites is 1. The van der Waals surface area contributed by atoms with Crippen LogP contribution in [0.25, 0.3) is 0 Å². The number of anilines is 2. The third kappa shape index (κ3) is 3.96. The van der Waals surface area contributed by atoms with Crippen molar-refractivity contribution in [1.29, 1.82) is 0 Å². The smallest absolute Gasteiger partial charge is 0.322 e. The first-order valence-electron chi connectivity index (χ1n) is 6.36. The molecule has 2 rings (SSSR count). The fourth-order valence-corrected chi connectivity index (χ4v) is 2.18. The van der Waals surface area contributed by atoms with Gasteiger partial charge in [-0.2, -0.15) is 4.37 Å². The summed E-state index contributed by atoms with van der Waals surface area (Å²) in [4.78, 5) is 15.7. The van der Waals surface area contributed by atoms with Crippen molar-refractivity contribution >= 4 is 28.3 Å². The first-order chi connectivity index (χ1) is 9.66. The van der Waals surface area contributed by atoms with Crippen molar-refractivity contribution in [2.75, 3.05) is 37.4 Å². The average molecular weight is 290 g/mol. The van der Waals surface area contributed by atoms with Gasteiger partial charge in [0.2, 0.25) is 0 Å². The van der Waals surface area contributed by atoms with Crippen molar-refractivity contribution in [2.45, 2.75) is 0 Å². The summed E-state index contributed by atoms with van der Waals surface area (Å²) in [6.45, 7) is 1.42. The van der Waals surface area contributed by atoms with Crippen molar-refractivity contribution < 1.29 is 4.79 Å². The van der Waals surface area contributed by atoms with Crippen LogP contribution in [0.1, 0.15) is 0 Å². The Hall–Kier alpha value is -2.08. The fourth-order valence-electron chi connectivity index (χ4n) is 1.69. The molecule has 0 saturated heterocycles. The van der Waals surface area contributed by atoms with Crippen LogP contribution in [-0.2, 0) is 0 Å². The molecule has 0 atom stereocenters. The first kappa shape index (κ1) is 14.3. The molecule has 5 nitrogen and oxygen atoms in total. The number of likely N-dealkylation sites (N-methyl/N-ethyl adjacent to an activating group) is 2. The molecule has 106 valence electrons. The van der Waals surface area contributed by atoms with E-state index in [1.807, 2.05) is 25.2 Å². The Balaban J connectivity index is 1.80. The van der Waals surface area contributed by atoms with Crippen molar-refractivity contribution in [3.8, 4) is 0 Å². The fraction of sp³-hybridized carbons (Fsp3) is 0.286. The van der Waals surface area contributed by atoms with Crippen LogP contribution < -0.4 is 10.2 Å². The number of amides is 2. The highest BCUT2D eigenvalue weighted by molar-refractivity contribution is 7.10. The van der Waals surface area contributed by atoms with Gasteiger partial charge in [-0.15, -0.1) is 0 Å².